The monoisotopic (exact) mass is 250 g/mol. The summed E-state index contributed by atoms with van der Waals surface area (Å²) in [5.41, 5.74) is -0.574. The molecule has 0 spiro atoms. The van der Waals surface area contributed by atoms with E-state index in [9.17, 15) is 13.2 Å². The first-order valence-electron chi connectivity index (χ1n) is 5.44. The summed E-state index contributed by atoms with van der Waals surface area (Å²) in [6.45, 7) is 7.35. The summed E-state index contributed by atoms with van der Waals surface area (Å²) in [5, 5.41) is 0. The van der Waals surface area contributed by atoms with Crippen LogP contribution < -0.4 is 0 Å². The lowest BCUT2D eigenvalue weighted by atomic mass is 9.85. The summed E-state index contributed by atoms with van der Waals surface area (Å²) in [6, 6.07) is 0. The number of rotatable bonds is 7. The fraction of sp³-hybridized carbons (Fsp3) is 0.909. The van der Waals surface area contributed by atoms with Crippen LogP contribution >= 0.6 is 0 Å². The molecule has 0 saturated carbocycles. The van der Waals surface area contributed by atoms with Crippen LogP contribution in [0.2, 0.25) is 0 Å². The van der Waals surface area contributed by atoms with E-state index in [1.54, 1.807) is 13.8 Å². The van der Waals surface area contributed by atoms with Crippen molar-refractivity contribution in [1.29, 1.82) is 0 Å². The second-order valence-corrected chi connectivity index (χ2v) is 6.72. The highest BCUT2D eigenvalue weighted by Crippen LogP contribution is 2.25. The van der Waals surface area contributed by atoms with Gasteiger partial charge in [0.1, 0.15) is 5.78 Å². The number of carbonyl (C=O) groups excluding carboxylic acids is 1. The normalized spacial score (nSPS) is 14.8. The van der Waals surface area contributed by atoms with Crippen LogP contribution in [0, 0.1) is 11.3 Å². The Balaban J connectivity index is 4.53. The van der Waals surface area contributed by atoms with Crippen molar-refractivity contribution in [3.8, 4) is 0 Å². The standard InChI is InChI=1S/C11H22O4S/c1-6-9(2)10(12)7-11(3,4)8-16(13,14)15-5/h9H,6-8H2,1-5H3. The van der Waals surface area contributed by atoms with Crippen LogP contribution in [0.5, 0.6) is 0 Å². The molecule has 0 aliphatic heterocycles. The van der Waals surface area contributed by atoms with Crippen LogP contribution in [0.15, 0.2) is 0 Å². The first-order valence-corrected chi connectivity index (χ1v) is 7.02. The molecule has 0 heterocycles. The summed E-state index contributed by atoms with van der Waals surface area (Å²) in [6.07, 6.45) is 1.05. The first-order chi connectivity index (χ1) is 7.13. The van der Waals surface area contributed by atoms with E-state index in [0.717, 1.165) is 13.5 Å². The minimum absolute atomic E-state index is 0.00970. The Morgan fingerprint density at radius 2 is 1.88 bits per heavy atom. The van der Waals surface area contributed by atoms with Crippen LogP contribution in [-0.2, 0) is 19.1 Å². The van der Waals surface area contributed by atoms with Gasteiger partial charge < -0.3 is 0 Å². The molecule has 0 N–H and O–H groups in total. The number of ketones is 1. The van der Waals surface area contributed by atoms with Crippen molar-refractivity contribution in [1.82, 2.24) is 0 Å². The minimum Gasteiger partial charge on any atom is -0.299 e. The Morgan fingerprint density at radius 3 is 2.25 bits per heavy atom. The van der Waals surface area contributed by atoms with Gasteiger partial charge in [-0.2, -0.15) is 8.42 Å². The van der Waals surface area contributed by atoms with Crippen LogP contribution in [-0.4, -0.2) is 27.1 Å². The Morgan fingerprint density at radius 1 is 1.38 bits per heavy atom. The third-order valence-corrected chi connectivity index (χ3v) is 4.28. The van der Waals surface area contributed by atoms with Crippen LogP contribution in [0.25, 0.3) is 0 Å². The molecule has 0 saturated heterocycles. The molecule has 1 unspecified atom stereocenters. The van der Waals surface area contributed by atoms with Crippen molar-refractivity contribution >= 4 is 15.9 Å². The van der Waals surface area contributed by atoms with Gasteiger partial charge in [0.2, 0.25) is 0 Å². The Hall–Kier alpha value is -0.420. The van der Waals surface area contributed by atoms with Gasteiger partial charge in [0.25, 0.3) is 10.1 Å². The van der Waals surface area contributed by atoms with Crippen molar-refractivity contribution < 1.29 is 17.4 Å². The van der Waals surface area contributed by atoms with Crippen LogP contribution in [0.3, 0.4) is 0 Å². The topological polar surface area (TPSA) is 60.4 Å². The lowest BCUT2D eigenvalue weighted by Crippen LogP contribution is -2.29. The van der Waals surface area contributed by atoms with Crippen LogP contribution in [0.1, 0.15) is 40.5 Å². The highest BCUT2D eigenvalue weighted by atomic mass is 32.2. The zero-order chi connectivity index (χ0) is 13.0. The fourth-order valence-electron chi connectivity index (χ4n) is 1.46. The fourth-order valence-corrected chi connectivity index (χ4v) is 2.64. The number of hydrogen-bond donors (Lipinski definition) is 0. The predicted octanol–water partition coefficient (Wildman–Crippen LogP) is 1.99. The van der Waals surface area contributed by atoms with Crippen LogP contribution in [0.4, 0.5) is 0 Å². The molecular weight excluding hydrogens is 228 g/mol. The summed E-state index contributed by atoms with van der Waals surface area (Å²) < 4.78 is 27.0. The maximum Gasteiger partial charge on any atom is 0.267 e. The Bertz CT molecular complexity index is 330. The van der Waals surface area contributed by atoms with Gasteiger partial charge in [0.15, 0.2) is 0 Å². The zero-order valence-corrected chi connectivity index (χ0v) is 11.6. The summed E-state index contributed by atoms with van der Waals surface area (Å²) >= 11 is 0. The molecule has 0 aromatic rings. The van der Waals surface area contributed by atoms with Gasteiger partial charge >= 0.3 is 0 Å². The third-order valence-electron chi connectivity index (χ3n) is 2.64. The van der Waals surface area contributed by atoms with Crippen molar-refractivity contribution in [2.45, 2.75) is 40.5 Å². The van der Waals surface area contributed by atoms with Gasteiger partial charge in [-0.1, -0.05) is 27.7 Å². The van der Waals surface area contributed by atoms with E-state index < -0.39 is 15.5 Å². The number of hydrogen-bond acceptors (Lipinski definition) is 4. The van der Waals surface area contributed by atoms with Gasteiger partial charge in [0, 0.05) is 12.3 Å². The minimum atomic E-state index is -3.51. The molecule has 4 nitrogen and oxygen atoms in total. The molecule has 96 valence electrons. The highest BCUT2D eigenvalue weighted by molar-refractivity contribution is 7.86. The average molecular weight is 250 g/mol. The van der Waals surface area contributed by atoms with Gasteiger partial charge in [-0.25, -0.2) is 0 Å². The van der Waals surface area contributed by atoms with E-state index in [2.05, 4.69) is 4.18 Å². The molecule has 0 aliphatic carbocycles. The second kappa shape index (κ2) is 5.77. The smallest absolute Gasteiger partial charge is 0.267 e. The quantitative estimate of drug-likeness (QED) is 0.648. The Labute approximate surface area is 98.5 Å². The molecule has 16 heavy (non-hydrogen) atoms. The molecular formula is C11H22O4S. The van der Waals surface area contributed by atoms with Gasteiger partial charge in [-0.15, -0.1) is 0 Å². The lowest BCUT2D eigenvalue weighted by Gasteiger charge is -2.24. The molecule has 5 heteroatoms. The molecule has 0 amide bonds. The van der Waals surface area contributed by atoms with Gasteiger partial charge in [-0.05, 0) is 11.8 Å². The predicted molar refractivity (Wildman–Crippen MR) is 63.7 cm³/mol. The maximum absolute atomic E-state index is 11.7. The average Bonchev–Trinajstić information content (AvgIpc) is 2.14. The van der Waals surface area contributed by atoms with E-state index in [0.29, 0.717) is 0 Å². The molecule has 0 bridgehead atoms. The third kappa shape index (κ3) is 5.61. The SMILES string of the molecule is CCC(C)C(=O)CC(C)(C)CS(=O)(=O)OC. The lowest BCUT2D eigenvalue weighted by molar-refractivity contribution is -0.124. The van der Waals surface area contributed by atoms with E-state index in [1.165, 1.54) is 0 Å². The van der Waals surface area contributed by atoms with Crippen molar-refractivity contribution in [2.24, 2.45) is 11.3 Å². The second-order valence-electron chi connectivity index (χ2n) is 4.99. The summed E-state index contributed by atoms with van der Waals surface area (Å²) in [7, 11) is -2.37. The highest BCUT2D eigenvalue weighted by Gasteiger charge is 2.29. The van der Waals surface area contributed by atoms with E-state index in [1.807, 2.05) is 13.8 Å². The van der Waals surface area contributed by atoms with Gasteiger partial charge in [0.05, 0.1) is 12.9 Å². The molecule has 0 aliphatic rings. The first kappa shape index (κ1) is 15.6. The molecule has 0 aromatic heterocycles. The molecule has 0 radical (unpaired) electrons. The maximum atomic E-state index is 11.7. The van der Waals surface area contributed by atoms with E-state index in [4.69, 9.17) is 0 Å². The number of Topliss-reactive ketones (excluding diaryl/α,β-unsaturated/α-hetero) is 1. The Kier molecular flexibility index (Phi) is 5.62. The number of carbonyl (C=O) groups is 1. The molecule has 0 fully saturated rings. The molecule has 0 aromatic carbocycles. The molecule has 1 atom stereocenters. The summed E-state index contributed by atoms with van der Waals surface area (Å²) in [4.78, 5) is 11.7. The molecule has 0 rings (SSSR count). The van der Waals surface area contributed by atoms with E-state index >= 15 is 0 Å². The van der Waals surface area contributed by atoms with Crippen molar-refractivity contribution in [3.63, 3.8) is 0 Å². The zero-order valence-electron chi connectivity index (χ0n) is 10.7. The van der Waals surface area contributed by atoms with Crippen molar-refractivity contribution in [2.75, 3.05) is 12.9 Å². The van der Waals surface area contributed by atoms with E-state index in [-0.39, 0.29) is 23.9 Å². The van der Waals surface area contributed by atoms with Crippen molar-refractivity contribution in [3.05, 3.63) is 0 Å². The van der Waals surface area contributed by atoms with Gasteiger partial charge in [-0.3, -0.25) is 8.98 Å². The summed E-state index contributed by atoms with van der Waals surface area (Å²) in [5.74, 6) is -0.0260. The largest absolute Gasteiger partial charge is 0.299 e.